The molecular formula is C7H15NO2S. The summed E-state index contributed by atoms with van der Waals surface area (Å²) >= 11 is 0. The largest absolute Gasteiger partial charge is 0.233 e. The highest BCUT2D eigenvalue weighted by Gasteiger charge is 2.07. The Morgan fingerprint density at radius 3 is 2.36 bits per heavy atom. The van der Waals surface area contributed by atoms with Crippen molar-refractivity contribution in [3.05, 3.63) is 11.5 Å². The molecule has 0 atom stereocenters. The Labute approximate surface area is 68.3 Å². The molecule has 0 heterocycles. The molecule has 0 bridgehead atoms. The lowest BCUT2D eigenvalue weighted by atomic mass is 10.2. The van der Waals surface area contributed by atoms with Crippen LogP contribution < -0.4 is 5.14 Å². The van der Waals surface area contributed by atoms with Crippen LogP contribution in [-0.2, 0) is 10.0 Å². The van der Waals surface area contributed by atoms with Gasteiger partial charge >= 0.3 is 0 Å². The summed E-state index contributed by atoms with van der Waals surface area (Å²) in [6, 6.07) is 0. The van der Waals surface area contributed by atoms with Crippen LogP contribution in [0, 0.1) is 0 Å². The lowest BCUT2D eigenvalue weighted by Crippen LogP contribution is -2.13. The molecule has 0 amide bonds. The van der Waals surface area contributed by atoms with Gasteiger partial charge < -0.3 is 0 Å². The normalized spacial score (nSPS) is 11.5. The van der Waals surface area contributed by atoms with Gasteiger partial charge in [0.15, 0.2) is 0 Å². The maximum absolute atomic E-state index is 10.6. The molecule has 0 unspecified atom stereocenters. The van der Waals surface area contributed by atoms with Crippen molar-refractivity contribution in [1.82, 2.24) is 0 Å². The van der Waals surface area contributed by atoms with Crippen LogP contribution in [0.1, 0.15) is 32.6 Å². The molecule has 3 nitrogen and oxygen atoms in total. The van der Waals surface area contributed by atoms with Crippen LogP contribution in [-0.4, -0.2) is 8.42 Å². The van der Waals surface area contributed by atoms with Crippen molar-refractivity contribution in [3.63, 3.8) is 0 Å². The van der Waals surface area contributed by atoms with Gasteiger partial charge in [0.25, 0.3) is 0 Å². The second-order valence-electron chi connectivity index (χ2n) is 2.54. The first kappa shape index (κ1) is 10.7. The maximum atomic E-state index is 10.6. The van der Waals surface area contributed by atoms with Crippen LogP contribution in [0.15, 0.2) is 11.5 Å². The predicted octanol–water partition coefficient (Wildman–Crippen LogP) is 1.37. The Morgan fingerprint density at radius 1 is 1.45 bits per heavy atom. The van der Waals surface area contributed by atoms with Gasteiger partial charge in [0.05, 0.1) is 4.91 Å². The average molecular weight is 177 g/mol. The highest BCUT2D eigenvalue weighted by Crippen LogP contribution is 2.09. The molecule has 0 saturated carbocycles. The van der Waals surface area contributed by atoms with Gasteiger partial charge in [-0.15, -0.1) is 0 Å². The standard InChI is InChI=1S/C7H15NO2S/c1-3-4-5-6-7(2)11(8,9)10/h2-6H2,1H3,(H2,8,9,10). The molecule has 4 heteroatoms. The zero-order valence-corrected chi connectivity index (χ0v) is 7.65. The number of unbranched alkanes of at least 4 members (excludes halogenated alkanes) is 2. The zero-order chi connectivity index (χ0) is 8.91. The fourth-order valence-electron chi connectivity index (χ4n) is 0.714. The minimum atomic E-state index is -3.48. The van der Waals surface area contributed by atoms with Gasteiger partial charge in [-0.25, -0.2) is 13.6 Å². The van der Waals surface area contributed by atoms with Crippen molar-refractivity contribution in [1.29, 1.82) is 0 Å². The molecule has 0 aromatic carbocycles. The van der Waals surface area contributed by atoms with E-state index in [0.29, 0.717) is 6.42 Å². The second kappa shape index (κ2) is 4.51. The Hall–Kier alpha value is -0.350. The lowest BCUT2D eigenvalue weighted by molar-refractivity contribution is 0.599. The van der Waals surface area contributed by atoms with E-state index in [1.165, 1.54) is 0 Å². The van der Waals surface area contributed by atoms with E-state index >= 15 is 0 Å². The van der Waals surface area contributed by atoms with Gasteiger partial charge in [0, 0.05) is 0 Å². The third kappa shape index (κ3) is 4.98. The van der Waals surface area contributed by atoms with Gasteiger partial charge in [-0.3, -0.25) is 0 Å². The van der Waals surface area contributed by atoms with E-state index in [-0.39, 0.29) is 4.91 Å². The molecule has 0 aliphatic heterocycles. The maximum Gasteiger partial charge on any atom is 0.233 e. The number of hydrogen-bond acceptors (Lipinski definition) is 2. The number of nitrogens with two attached hydrogens (primary N) is 1. The Balaban J connectivity index is 3.72. The molecule has 0 aromatic rings. The molecule has 0 aliphatic carbocycles. The fourth-order valence-corrected chi connectivity index (χ4v) is 1.14. The van der Waals surface area contributed by atoms with E-state index in [0.717, 1.165) is 19.3 Å². The lowest BCUT2D eigenvalue weighted by Gasteiger charge is -2.00. The van der Waals surface area contributed by atoms with E-state index in [1.54, 1.807) is 0 Å². The fraction of sp³-hybridized carbons (Fsp3) is 0.714. The smallest absolute Gasteiger partial charge is 0.225 e. The molecule has 11 heavy (non-hydrogen) atoms. The second-order valence-corrected chi connectivity index (χ2v) is 4.21. The summed E-state index contributed by atoms with van der Waals surface area (Å²) in [4.78, 5) is 0.144. The average Bonchev–Trinajstić information content (AvgIpc) is 1.86. The van der Waals surface area contributed by atoms with E-state index in [2.05, 4.69) is 13.5 Å². The van der Waals surface area contributed by atoms with Crippen LogP contribution >= 0.6 is 0 Å². The monoisotopic (exact) mass is 177 g/mol. The van der Waals surface area contributed by atoms with Crippen molar-refractivity contribution >= 4 is 10.0 Å². The number of hydrogen-bond donors (Lipinski definition) is 1. The predicted molar refractivity (Wildman–Crippen MR) is 46.4 cm³/mol. The summed E-state index contributed by atoms with van der Waals surface area (Å²) in [6.07, 6.45) is 3.44. The summed E-state index contributed by atoms with van der Waals surface area (Å²) in [5.41, 5.74) is 0. The molecule has 0 rings (SSSR count). The molecule has 2 N–H and O–H groups in total. The van der Waals surface area contributed by atoms with Crippen molar-refractivity contribution < 1.29 is 8.42 Å². The summed E-state index contributed by atoms with van der Waals surface area (Å²) in [6.45, 7) is 5.44. The first-order valence-corrected chi connectivity index (χ1v) is 5.23. The van der Waals surface area contributed by atoms with Crippen molar-refractivity contribution in [2.45, 2.75) is 32.6 Å². The number of sulfonamides is 1. The van der Waals surface area contributed by atoms with Crippen molar-refractivity contribution in [2.24, 2.45) is 5.14 Å². The van der Waals surface area contributed by atoms with E-state index < -0.39 is 10.0 Å². The molecule has 0 fully saturated rings. The van der Waals surface area contributed by atoms with Crippen molar-refractivity contribution in [3.8, 4) is 0 Å². The highest BCUT2D eigenvalue weighted by atomic mass is 32.2. The van der Waals surface area contributed by atoms with Crippen LogP contribution in [0.3, 0.4) is 0 Å². The molecule has 0 aliphatic rings. The third-order valence-corrected chi connectivity index (χ3v) is 2.47. The first-order chi connectivity index (χ1) is 4.98. The molecule has 0 radical (unpaired) electrons. The van der Waals surface area contributed by atoms with Crippen molar-refractivity contribution in [2.75, 3.05) is 0 Å². The van der Waals surface area contributed by atoms with Crippen LogP contribution in [0.5, 0.6) is 0 Å². The molecular weight excluding hydrogens is 162 g/mol. The SMILES string of the molecule is C=C(CCCCC)S(N)(=O)=O. The van der Waals surface area contributed by atoms with Gasteiger partial charge in [0.2, 0.25) is 10.0 Å². The van der Waals surface area contributed by atoms with Crippen LogP contribution in [0.4, 0.5) is 0 Å². The van der Waals surface area contributed by atoms with Crippen LogP contribution in [0.25, 0.3) is 0 Å². The van der Waals surface area contributed by atoms with Gasteiger partial charge in [-0.2, -0.15) is 0 Å². The van der Waals surface area contributed by atoms with Gasteiger partial charge in [0.1, 0.15) is 0 Å². The summed E-state index contributed by atoms with van der Waals surface area (Å²) in [7, 11) is -3.48. The summed E-state index contributed by atoms with van der Waals surface area (Å²) in [5, 5.41) is 4.83. The van der Waals surface area contributed by atoms with Gasteiger partial charge in [-0.1, -0.05) is 26.3 Å². The quantitative estimate of drug-likeness (QED) is 0.645. The topological polar surface area (TPSA) is 60.2 Å². The number of rotatable bonds is 5. The van der Waals surface area contributed by atoms with E-state index in [4.69, 9.17) is 5.14 Å². The Kier molecular flexibility index (Phi) is 4.37. The summed E-state index contributed by atoms with van der Waals surface area (Å²) in [5.74, 6) is 0. The first-order valence-electron chi connectivity index (χ1n) is 3.69. The minimum Gasteiger partial charge on any atom is -0.225 e. The number of primary sulfonamides is 1. The van der Waals surface area contributed by atoms with Gasteiger partial charge in [-0.05, 0) is 12.8 Å². The Morgan fingerprint density at radius 2 is 2.00 bits per heavy atom. The summed E-state index contributed by atoms with van der Waals surface area (Å²) < 4.78 is 21.2. The Bertz CT molecular complexity index is 219. The molecule has 0 saturated heterocycles. The molecule has 0 spiro atoms. The molecule has 66 valence electrons. The van der Waals surface area contributed by atoms with E-state index in [1.807, 2.05) is 0 Å². The zero-order valence-electron chi connectivity index (χ0n) is 6.84. The van der Waals surface area contributed by atoms with E-state index in [9.17, 15) is 8.42 Å². The highest BCUT2D eigenvalue weighted by molar-refractivity contribution is 7.93. The molecule has 0 aromatic heterocycles. The third-order valence-electron chi connectivity index (χ3n) is 1.46. The minimum absolute atomic E-state index is 0.144. The van der Waals surface area contributed by atoms with Crippen LogP contribution in [0.2, 0.25) is 0 Å². The number of allylic oxidation sites excluding steroid dienone is 1.